The maximum Gasteiger partial charge on any atom is 0.393 e. The highest BCUT2D eigenvalue weighted by molar-refractivity contribution is 6.21. The maximum absolute atomic E-state index is 15.8. The summed E-state index contributed by atoms with van der Waals surface area (Å²) in [5, 5.41) is 7.13. The van der Waals surface area contributed by atoms with Crippen molar-refractivity contribution in [2.24, 2.45) is 35.5 Å². The van der Waals surface area contributed by atoms with Gasteiger partial charge in [-0.1, -0.05) is 91.9 Å². The summed E-state index contributed by atoms with van der Waals surface area (Å²) >= 11 is 6.40. The first-order valence-corrected chi connectivity index (χ1v) is 38.6. The minimum atomic E-state index is -4.59. The predicted octanol–water partition coefficient (Wildman–Crippen LogP) is 5.40. The van der Waals surface area contributed by atoms with Crippen molar-refractivity contribution < 1.29 is 84.3 Å². The number of rotatable bonds is 13. The molecule has 598 valence electrons. The normalized spacial score (nSPS) is 30.5. The highest BCUT2D eigenvalue weighted by Crippen LogP contribution is 2.44. The van der Waals surface area contributed by atoms with Crippen molar-refractivity contribution in [1.29, 1.82) is 0 Å². The molecule has 0 bridgehead atoms. The van der Waals surface area contributed by atoms with Crippen molar-refractivity contribution in [2.75, 3.05) is 89.6 Å². The van der Waals surface area contributed by atoms with Gasteiger partial charge in [0, 0.05) is 75.4 Å². The second kappa shape index (κ2) is 36.5. The minimum absolute atomic E-state index is 0.00115. The molecular weight excluding hydrogens is 1410 g/mol. The highest BCUT2D eigenvalue weighted by Gasteiger charge is 2.54. The van der Waals surface area contributed by atoms with Crippen LogP contribution in [-0.4, -0.2) is 293 Å². The Hall–Kier alpha value is -6.95. The van der Waals surface area contributed by atoms with Gasteiger partial charge in [0.1, 0.15) is 59.9 Å². The highest BCUT2D eigenvalue weighted by atomic mass is 35.5. The van der Waals surface area contributed by atoms with Gasteiger partial charge >= 0.3 is 6.18 Å². The monoisotopic (exact) mass is 1530 g/mol. The summed E-state index contributed by atoms with van der Waals surface area (Å²) in [5.74, 6) is -17.1. The Morgan fingerprint density at radius 1 is 0.642 bits per heavy atom. The van der Waals surface area contributed by atoms with Crippen LogP contribution >= 0.6 is 11.6 Å². The smallest absolute Gasteiger partial charge is 0.347 e. The molecule has 0 aromatic carbocycles. The van der Waals surface area contributed by atoms with Crippen LogP contribution in [0.1, 0.15) is 189 Å². The van der Waals surface area contributed by atoms with Crippen LogP contribution in [0.3, 0.4) is 0 Å². The predicted molar refractivity (Wildman–Crippen MR) is 383 cm³/mol. The van der Waals surface area contributed by atoms with Gasteiger partial charge in [-0.05, 0) is 114 Å². The van der Waals surface area contributed by atoms with E-state index in [1.807, 2.05) is 20.8 Å². The van der Waals surface area contributed by atoms with Gasteiger partial charge < -0.3 is 64.9 Å². The van der Waals surface area contributed by atoms with Gasteiger partial charge in [0.2, 0.25) is 76.8 Å². The number of nitrogens with zero attached hydrogens (tertiary/aromatic N) is 10. The summed E-state index contributed by atoms with van der Waals surface area (Å²) in [5.41, 5.74) is -1.84. The molecule has 13 atom stereocenters. The lowest BCUT2D eigenvalue weighted by molar-refractivity contribution is -0.182. The number of fused-ring (bicyclic) bond motifs is 1. The lowest BCUT2D eigenvalue weighted by atomic mass is 9.78. The number of amides is 13. The standard InChI is InChI=1S/C74H117ClF5N13O13/c1-15-44(4)60-69(104)86(9)45(5)64(99)93-34-31-52(93)68(103)89(12)55(37-46-23-17-16-18-24-46)67(102)85(8)40-57(94)81-51(30-28-47-27-29-49(50(75)36-47)74(78,79)80)65(100)88(11)54(38-59(96)92-41-73(76,77)42-92)63(98)83-72(32-21-22-33-72)71(106)91(14)61(48-25-19-20-26-48)70(105)90(13)56(66(101)84(6)7)39-58(95)87(10)53(35-43(2)3)62(97)82-60/h43-56,60-61H,15-42H2,1-14H3,(H,81,94)(H,82,97)(H,83,98)/t44-,45-,47?,49?,50?,51-,52-,53-,54-,55-,56-,60-,61-/m0/s1. The van der Waals surface area contributed by atoms with Gasteiger partial charge in [0.15, 0.2) is 0 Å². The Balaban J connectivity index is 1.32. The number of alkyl halides is 6. The van der Waals surface area contributed by atoms with E-state index in [-0.39, 0.29) is 82.6 Å². The summed E-state index contributed by atoms with van der Waals surface area (Å²) in [4.78, 5) is 206. The number of hydrogen-bond acceptors (Lipinski definition) is 13. The molecule has 0 radical (unpaired) electrons. The van der Waals surface area contributed by atoms with Crippen LogP contribution in [0.4, 0.5) is 22.0 Å². The molecule has 26 nitrogen and oxygen atoms in total. The first-order chi connectivity index (χ1) is 49.6. The zero-order valence-electron chi connectivity index (χ0n) is 64.6. The maximum atomic E-state index is 15.8. The number of carbonyl (C=O) groups excluding carboxylic acids is 13. The van der Waals surface area contributed by atoms with Crippen LogP contribution in [0.2, 0.25) is 0 Å². The number of carbonyl (C=O) groups is 13. The molecule has 0 aromatic heterocycles. The molecule has 3 unspecified atom stereocenters. The summed E-state index contributed by atoms with van der Waals surface area (Å²) in [6, 6.07) is -12.4. The average molecular weight is 1530 g/mol. The summed E-state index contributed by atoms with van der Waals surface area (Å²) in [7, 11) is 12.3. The number of likely N-dealkylation sites (N-methyl/N-ethyl adjacent to an activating group) is 8. The van der Waals surface area contributed by atoms with Gasteiger partial charge in [0.25, 0.3) is 5.92 Å². The van der Waals surface area contributed by atoms with Crippen LogP contribution in [0, 0.1) is 35.5 Å². The molecular formula is C74H117ClF5N13O13. The number of nitrogens with one attached hydrogen (secondary N) is 3. The summed E-state index contributed by atoms with van der Waals surface area (Å²) in [6.45, 7) is 6.08. The van der Waals surface area contributed by atoms with Crippen molar-refractivity contribution in [1.82, 2.24) is 64.9 Å². The molecule has 0 aromatic rings. The largest absolute Gasteiger partial charge is 0.393 e. The van der Waals surface area contributed by atoms with Crippen molar-refractivity contribution in [3.05, 3.63) is 0 Å². The molecule has 3 saturated heterocycles. The third kappa shape index (κ3) is 20.5. The lowest BCUT2D eigenvalue weighted by Crippen LogP contribution is -2.66. The van der Waals surface area contributed by atoms with Crippen LogP contribution in [0.5, 0.6) is 0 Å². The Morgan fingerprint density at radius 2 is 1.25 bits per heavy atom. The van der Waals surface area contributed by atoms with E-state index >= 15 is 24.0 Å². The Kier molecular flexibility index (Phi) is 29.7. The van der Waals surface area contributed by atoms with Crippen molar-refractivity contribution in [3.63, 3.8) is 0 Å². The van der Waals surface area contributed by atoms with Crippen molar-refractivity contribution >= 4 is 88.4 Å². The molecule has 4 aliphatic carbocycles. The third-order valence-electron chi connectivity index (χ3n) is 24.1. The summed E-state index contributed by atoms with van der Waals surface area (Å²) < 4.78 is 71.3. The van der Waals surface area contributed by atoms with Gasteiger partial charge in [-0.15, -0.1) is 11.6 Å². The quantitative estimate of drug-likeness (QED) is 0.154. The van der Waals surface area contributed by atoms with Crippen molar-refractivity contribution in [2.45, 2.75) is 266 Å². The minimum Gasteiger partial charge on any atom is -0.347 e. The fraction of sp³-hybridized carbons (Fsp3) is 0.824. The van der Waals surface area contributed by atoms with E-state index in [0.717, 1.165) is 58.8 Å². The Labute approximate surface area is 626 Å². The van der Waals surface area contributed by atoms with Gasteiger partial charge in [-0.2, -0.15) is 13.2 Å². The van der Waals surface area contributed by atoms with Crippen LogP contribution < -0.4 is 16.0 Å². The molecule has 3 heterocycles. The van der Waals surface area contributed by atoms with E-state index in [9.17, 15) is 60.3 Å². The molecule has 32 heteroatoms. The number of likely N-dealkylation sites (tertiary alicyclic amines) is 1. The molecule has 7 aliphatic rings. The molecule has 7 fully saturated rings. The van der Waals surface area contributed by atoms with E-state index < -0.39 is 210 Å². The van der Waals surface area contributed by atoms with Gasteiger partial charge in [-0.25, -0.2) is 8.78 Å². The lowest BCUT2D eigenvalue weighted by Gasteiger charge is -2.45. The second-order valence-corrected chi connectivity index (χ2v) is 32.8. The fourth-order valence-electron chi connectivity index (χ4n) is 16.8. The second-order valence-electron chi connectivity index (χ2n) is 32.3. The van der Waals surface area contributed by atoms with E-state index in [1.54, 1.807) is 6.92 Å². The average Bonchev–Trinajstić information content (AvgIpc) is 1.74. The third-order valence-corrected chi connectivity index (χ3v) is 24.6. The number of hydrogen-bond donors (Lipinski definition) is 3. The molecule has 3 aliphatic heterocycles. The van der Waals surface area contributed by atoms with E-state index in [0.29, 0.717) is 44.9 Å². The first kappa shape index (κ1) is 86.3. The van der Waals surface area contributed by atoms with Gasteiger partial charge in [0.05, 0.1) is 38.4 Å². The van der Waals surface area contributed by atoms with E-state index in [1.165, 1.54) is 92.7 Å². The van der Waals surface area contributed by atoms with Crippen LogP contribution in [-0.2, 0) is 62.3 Å². The van der Waals surface area contributed by atoms with E-state index in [4.69, 9.17) is 11.6 Å². The molecule has 4 saturated carbocycles. The Morgan fingerprint density at radius 3 is 1.79 bits per heavy atom. The zero-order valence-corrected chi connectivity index (χ0v) is 65.3. The molecule has 106 heavy (non-hydrogen) atoms. The van der Waals surface area contributed by atoms with Crippen LogP contribution in [0.15, 0.2) is 0 Å². The van der Waals surface area contributed by atoms with E-state index in [2.05, 4.69) is 16.0 Å². The Bertz CT molecular complexity index is 3200. The number of halogens is 6. The fourth-order valence-corrected chi connectivity index (χ4v) is 17.3. The molecule has 13 amide bonds. The topological polar surface area (TPSA) is 290 Å². The zero-order chi connectivity index (χ0) is 78.9. The summed E-state index contributed by atoms with van der Waals surface area (Å²) in [6.07, 6.45) is 0.939. The SMILES string of the molecule is CC[C@H](C)[C@@H]1NC(=O)[C@H](CC(C)C)N(C)C(=O)C[C@@H](C(=O)N(C)C)N(C)C(=O)[C@H](C2CCCC2)N(C)C(=O)C2(CCCC2)NC(=O)[C@H](CC(=O)N2CC(F)(F)C2)N(C)C(=O)[C@H](CCC2CCC(C(F)(F)F)C(Cl)C2)NC(=O)CN(C)C(=O)[C@H](CC2CCCCC2)N(C)C(=O)[C@@H]2CCN2C(=O)[C@H](C)N(C)C1=O. The van der Waals surface area contributed by atoms with Gasteiger partial charge in [-0.3, -0.25) is 62.3 Å². The first-order valence-electron chi connectivity index (χ1n) is 38.2. The van der Waals surface area contributed by atoms with Crippen LogP contribution in [0.25, 0.3) is 0 Å². The molecule has 7 rings (SSSR count). The molecule has 3 N–H and O–H groups in total. The van der Waals surface area contributed by atoms with Crippen molar-refractivity contribution in [3.8, 4) is 0 Å². The molecule has 1 spiro atoms.